The van der Waals surface area contributed by atoms with Crippen LogP contribution in [-0.2, 0) is 4.79 Å². The number of primary amides is 1. The van der Waals surface area contributed by atoms with Gasteiger partial charge in [0.25, 0.3) is 5.91 Å². The summed E-state index contributed by atoms with van der Waals surface area (Å²) in [5.41, 5.74) is 7.84. The van der Waals surface area contributed by atoms with Gasteiger partial charge in [0.2, 0.25) is 0 Å². The number of pyridine rings is 1. The summed E-state index contributed by atoms with van der Waals surface area (Å²) in [7, 11) is 2.12. The van der Waals surface area contributed by atoms with Crippen molar-refractivity contribution in [1.29, 1.82) is 0 Å². The lowest BCUT2D eigenvalue weighted by Crippen LogP contribution is -2.44. The highest BCUT2D eigenvalue weighted by molar-refractivity contribution is 6.07. The number of carbonyl (C=O) groups excluding carboxylic acids is 2. The molecular weight excluding hydrogens is 368 g/mol. The maximum absolute atomic E-state index is 12.4. The molecule has 7 nitrogen and oxygen atoms in total. The molecular formula is C22H24N4O3. The van der Waals surface area contributed by atoms with Crippen molar-refractivity contribution in [2.75, 3.05) is 38.1 Å². The number of hydrogen-bond acceptors (Lipinski definition) is 6. The van der Waals surface area contributed by atoms with Crippen molar-refractivity contribution in [3.8, 4) is 0 Å². The number of piperazine rings is 1. The van der Waals surface area contributed by atoms with Crippen molar-refractivity contribution in [3.63, 3.8) is 0 Å². The van der Waals surface area contributed by atoms with Crippen LogP contribution in [0.4, 0.5) is 5.69 Å². The Labute approximate surface area is 169 Å². The summed E-state index contributed by atoms with van der Waals surface area (Å²) in [6.07, 6.45) is 5.90. The number of aromatic nitrogens is 1. The van der Waals surface area contributed by atoms with Crippen molar-refractivity contribution >= 4 is 29.5 Å². The van der Waals surface area contributed by atoms with Gasteiger partial charge in [0.15, 0.2) is 11.5 Å². The molecule has 1 aromatic heterocycles. The number of benzene rings is 1. The molecule has 0 unspecified atom stereocenters. The number of ketones is 1. The van der Waals surface area contributed by atoms with Gasteiger partial charge in [-0.1, -0.05) is 6.07 Å². The molecule has 1 saturated heterocycles. The molecule has 1 fully saturated rings. The molecule has 3 N–H and O–H groups in total. The SMILES string of the molecule is CN1CCN(c2ccc(C(=O)C=Cc3ccc(C=C(O)C(N)=O)nc3)cc2)CC1. The maximum Gasteiger partial charge on any atom is 0.283 e. The fourth-order valence-electron chi connectivity index (χ4n) is 2.98. The fourth-order valence-corrected chi connectivity index (χ4v) is 2.98. The molecule has 0 aliphatic carbocycles. The van der Waals surface area contributed by atoms with E-state index >= 15 is 0 Å². The first-order chi connectivity index (χ1) is 13.9. The third-order valence-corrected chi connectivity index (χ3v) is 4.79. The number of allylic oxidation sites excluding steroid dienone is 1. The van der Waals surface area contributed by atoms with Crippen molar-refractivity contribution in [2.24, 2.45) is 5.73 Å². The predicted molar refractivity (Wildman–Crippen MR) is 114 cm³/mol. The van der Waals surface area contributed by atoms with Crippen LogP contribution in [-0.4, -0.2) is 59.9 Å². The van der Waals surface area contributed by atoms with Gasteiger partial charge in [-0.05, 0) is 55.1 Å². The Bertz CT molecular complexity index is 926. The first kappa shape index (κ1) is 20.3. The van der Waals surface area contributed by atoms with Crippen molar-refractivity contribution in [1.82, 2.24) is 9.88 Å². The van der Waals surface area contributed by atoms with Crippen LogP contribution in [0.1, 0.15) is 21.6 Å². The number of likely N-dealkylation sites (N-methyl/N-ethyl adjacent to an activating group) is 1. The Morgan fingerprint density at radius 1 is 1.07 bits per heavy atom. The predicted octanol–water partition coefficient (Wildman–Crippen LogP) is 2.11. The van der Waals surface area contributed by atoms with Crippen LogP contribution in [0.15, 0.2) is 54.4 Å². The molecule has 150 valence electrons. The van der Waals surface area contributed by atoms with Crippen molar-refractivity contribution in [2.45, 2.75) is 0 Å². The molecule has 1 aromatic carbocycles. The first-order valence-electron chi connectivity index (χ1n) is 9.35. The van der Waals surface area contributed by atoms with E-state index in [1.165, 1.54) is 12.2 Å². The average Bonchev–Trinajstić information content (AvgIpc) is 2.73. The van der Waals surface area contributed by atoms with Gasteiger partial charge in [0, 0.05) is 49.7 Å². The minimum Gasteiger partial charge on any atom is -0.503 e. The van der Waals surface area contributed by atoms with Crippen LogP contribution in [0.5, 0.6) is 0 Å². The topological polar surface area (TPSA) is 99.8 Å². The molecule has 0 atom stereocenters. The second-order valence-electron chi connectivity index (χ2n) is 6.95. The lowest BCUT2D eigenvalue weighted by atomic mass is 10.1. The van der Waals surface area contributed by atoms with Crippen LogP contribution in [0.2, 0.25) is 0 Å². The van der Waals surface area contributed by atoms with Crippen LogP contribution < -0.4 is 10.6 Å². The van der Waals surface area contributed by atoms with Crippen LogP contribution in [0.3, 0.4) is 0 Å². The standard InChI is InChI=1S/C22H24N4O3/c1-25-10-12-26(13-11-25)19-7-4-17(5-8-19)20(27)9-3-16-2-6-18(24-15-16)14-21(28)22(23)29/h2-9,14-15,28H,10-13H2,1H3,(H2,23,29). The molecule has 0 spiro atoms. The number of nitrogens with two attached hydrogens (primary N) is 1. The zero-order valence-corrected chi connectivity index (χ0v) is 16.3. The zero-order chi connectivity index (χ0) is 20.8. The van der Waals surface area contributed by atoms with E-state index in [9.17, 15) is 14.7 Å². The monoisotopic (exact) mass is 392 g/mol. The quantitative estimate of drug-likeness (QED) is 0.444. The number of amides is 1. The molecule has 2 aromatic rings. The van der Waals surface area contributed by atoms with Gasteiger partial charge in [-0.2, -0.15) is 0 Å². The minimum atomic E-state index is -0.917. The highest BCUT2D eigenvalue weighted by Gasteiger charge is 2.14. The number of anilines is 1. The molecule has 29 heavy (non-hydrogen) atoms. The van der Waals surface area contributed by atoms with E-state index in [-0.39, 0.29) is 5.78 Å². The lowest BCUT2D eigenvalue weighted by molar-refractivity contribution is -0.116. The van der Waals surface area contributed by atoms with E-state index in [0.29, 0.717) is 11.3 Å². The van der Waals surface area contributed by atoms with E-state index in [2.05, 4.69) is 21.8 Å². The Hall–Kier alpha value is -3.45. The highest BCUT2D eigenvalue weighted by atomic mass is 16.3. The number of carbonyl (C=O) groups is 2. The summed E-state index contributed by atoms with van der Waals surface area (Å²) in [5.74, 6) is -1.57. The molecule has 1 aliphatic rings. The molecule has 0 saturated carbocycles. The van der Waals surface area contributed by atoms with Gasteiger partial charge < -0.3 is 20.6 Å². The van der Waals surface area contributed by atoms with Crippen LogP contribution >= 0.6 is 0 Å². The van der Waals surface area contributed by atoms with Gasteiger partial charge in [0.1, 0.15) is 0 Å². The van der Waals surface area contributed by atoms with Gasteiger partial charge in [-0.25, -0.2) is 0 Å². The molecule has 3 rings (SSSR count). The Morgan fingerprint density at radius 3 is 2.34 bits per heavy atom. The summed E-state index contributed by atoms with van der Waals surface area (Å²) in [6, 6.07) is 11.0. The van der Waals surface area contributed by atoms with E-state index in [1.807, 2.05) is 24.3 Å². The molecule has 1 aliphatic heterocycles. The average molecular weight is 392 g/mol. The molecule has 2 heterocycles. The zero-order valence-electron chi connectivity index (χ0n) is 16.3. The molecule has 0 radical (unpaired) electrons. The largest absolute Gasteiger partial charge is 0.503 e. The summed E-state index contributed by atoms with van der Waals surface area (Å²) >= 11 is 0. The van der Waals surface area contributed by atoms with Gasteiger partial charge in [-0.3, -0.25) is 14.6 Å². The number of nitrogens with zero attached hydrogens (tertiary/aromatic N) is 3. The van der Waals surface area contributed by atoms with E-state index in [1.54, 1.807) is 24.4 Å². The third-order valence-electron chi connectivity index (χ3n) is 4.79. The highest BCUT2D eigenvalue weighted by Crippen LogP contribution is 2.18. The summed E-state index contributed by atoms with van der Waals surface area (Å²) in [6.45, 7) is 4.04. The van der Waals surface area contributed by atoms with Crippen molar-refractivity contribution < 1.29 is 14.7 Å². The van der Waals surface area contributed by atoms with Crippen LogP contribution in [0.25, 0.3) is 12.2 Å². The minimum absolute atomic E-state index is 0.0923. The van der Waals surface area contributed by atoms with E-state index in [0.717, 1.165) is 37.4 Å². The second-order valence-corrected chi connectivity index (χ2v) is 6.95. The third kappa shape index (κ3) is 5.52. The second kappa shape index (κ2) is 9.16. The first-order valence-corrected chi connectivity index (χ1v) is 9.35. The van der Waals surface area contributed by atoms with Crippen LogP contribution in [0, 0.1) is 0 Å². The Balaban J connectivity index is 1.61. The van der Waals surface area contributed by atoms with E-state index < -0.39 is 11.7 Å². The lowest BCUT2D eigenvalue weighted by Gasteiger charge is -2.34. The van der Waals surface area contributed by atoms with Gasteiger partial charge in [0.05, 0.1) is 5.69 Å². The summed E-state index contributed by atoms with van der Waals surface area (Å²) in [4.78, 5) is 32.0. The van der Waals surface area contributed by atoms with Crippen molar-refractivity contribution in [3.05, 3.63) is 71.3 Å². The summed E-state index contributed by atoms with van der Waals surface area (Å²) < 4.78 is 0. The number of aliphatic hydroxyl groups is 1. The van der Waals surface area contributed by atoms with Gasteiger partial charge in [-0.15, -0.1) is 0 Å². The number of hydrogen-bond donors (Lipinski definition) is 2. The fraction of sp³-hybridized carbons (Fsp3) is 0.227. The Kier molecular flexibility index (Phi) is 6.41. The number of rotatable bonds is 6. The molecule has 7 heteroatoms. The van der Waals surface area contributed by atoms with Gasteiger partial charge >= 0.3 is 0 Å². The smallest absolute Gasteiger partial charge is 0.283 e. The molecule has 0 bridgehead atoms. The Morgan fingerprint density at radius 2 is 1.76 bits per heavy atom. The summed E-state index contributed by atoms with van der Waals surface area (Å²) in [5, 5.41) is 9.35. The normalized spacial score (nSPS) is 15.6. The molecule has 1 amide bonds. The maximum atomic E-state index is 12.4. The van der Waals surface area contributed by atoms with E-state index in [4.69, 9.17) is 5.73 Å². The number of aliphatic hydroxyl groups excluding tert-OH is 1.